The van der Waals surface area contributed by atoms with E-state index in [1.165, 1.54) is 0 Å². The number of rotatable bonds is 4. The minimum Gasteiger partial charge on any atom is -0.321 e. The van der Waals surface area contributed by atoms with Gasteiger partial charge in [0.1, 0.15) is 0 Å². The van der Waals surface area contributed by atoms with Crippen molar-refractivity contribution in [2.24, 2.45) is 10.7 Å². The molecule has 0 aromatic heterocycles. The van der Waals surface area contributed by atoms with Crippen LogP contribution in [0.15, 0.2) is 4.99 Å². The molecule has 0 saturated carbocycles. The molecule has 1 unspecified atom stereocenters. The summed E-state index contributed by atoms with van der Waals surface area (Å²) in [7, 11) is 1.67. The predicted molar refractivity (Wildman–Crippen MR) is 42.2 cm³/mol. The first kappa shape index (κ1) is 9.56. The molecule has 0 aromatic rings. The minimum absolute atomic E-state index is 0.301. The Balaban J connectivity index is 3.63. The molecule has 2 N–H and O–H groups in total. The van der Waals surface area contributed by atoms with Gasteiger partial charge in [-0.05, 0) is 19.8 Å². The standard InChI is InChI=1S/C7H15FN2/c1-7(9,6-10-2)4-3-5-8/h6H,3-5,9H2,1-2H3. The van der Waals surface area contributed by atoms with E-state index in [1.54, 1.807) is 13.3 Å². The zero-order chi connectivity index (χ0) is 8.04. The second kappa shape index (κ2) is 4.39. The normalized spacial score (nSPS) is 17.6. The Labute approximate surface area is 61.3 Å². The Hall–Kier alpha value is -0.440. The third-order valence-corrected chi connectivity index (χ3v) is 1.27. The molecule has 2 nitrogen and oxygen atoms in total. The number of alkyl halides is 1. The van der Waals surface area contributed by atoms with Crippen LogP contribution in [-0.2, 0) is 0 Å². The van der Waals surface area contributed by atoms with E-state index < -0.39 is 5.54 Å². The third kappa shape index (κ3) is 4.44. The van der Waals surface area contributed by atoms with Crippen LogP contribution in [0.1, 0.15) is 19.8 Å². The zero-order valence-corrected chi connectivity index (χ0v) is 6.60. The molecule has 0 aliphatic carbocycles. The van der Waals surface area contributed by atoms with Crippen LogP contribution < -0.4 is 5.73 Å². The van der Waals surface area contributed by atoms with Crippen molar-refractivity contribution in [2.45, 2.75) is 25.3 Å². The van der Waals surface area contributed by atoms with Crippen LogP contribution in [0.3, 0.4) is 0 Å². The second-order valence-electron chi connectivity index (χ2n) is 2.69. The van der Waals surface area contributed by atoms with E-state index in [4.69, 9.17) is 5.73 Å². The van der Waals surface area contributed by atoms with Crippen molar-refractivity contribution in [3.63, 3.8) is 0 Å². The highest BCUT2D eigenvalue weighted by Gasteiger charge is 2.13. The maximum atomic E-state index is 11.7. The van der Waals surface area contributed by atoms with Gasteiger partial charge in [-0.15, -0.1) is 0 Å². The SMILES string of the molecule is CN=CC(C)(N)CCCF. The topological polar surface area (TPSA) is 38.4 Å². The van der Waals surface area contributed by atoms with E-state index in [2.05, 4.69) is 4.99 Å². The van der Waals surface area contributed by atoms with Gasteiger partial charge in [-0.1, -0.05) is 0 Å². The van der Waals surface area contributed by atoms with Gasteiger partial charge in [-0.2, -0.15) is 0 Å². The molecular formula is C7H15FN2. The number of halogens is 1. The molecule has 0 aliphatic heterocycles. The lowest BCUT2D eigenvalue weighted by atomic mass is 9.99. The first-order chi connectivity index (χ1) is 4.62. The molecule has 0 amide bonds. The summed E-state index contributed by atoms with van der Waals surface area (Å²) in [5, 5.41) is 0. The Morgan fingerprint density at radius 3 is 2.70 bits per heavy atom. The summed E-state index contributed by atoms with van der Waals surface area (Å²) in [6.45, 7) is 1.54. The van der Waals surface area contributed by atoms with Crippen molar-refractivity contribution in [3.8, 4) is 0 Å². The number of nitrogens with two attached hydrogens (primary N) is 1. The quantitative estimate of drug-likeness (QED) is 0.594. The summed E-state index contributed by atoms with van der Waals surface area (Å²) in [6.07, 6.45) is 2.82. The fourth-order valence-corrected chi connectivity index (χ4v) is 0.807. The summed E-state index contributed by atoms with van der Waals surface area (Å²) in [6, 6.07) is 0. The molecule has 1 atom stereocenters. The van der Waals surface area contributed by atoms with Crippen LogP contribution in [0, 0.1) is 0 Å². The average molecular weight is 146 g/mol. The lowest BCUT2D eigenvalue weighted by Gasteiger charge is -2.17. The molecule has 0 fully saturated rings. The molecule has 10 heavy (non-hydrogen) atoms. The Morgan fingerprint density at radius 1 is 1.70 bits per heavy atom. The van der Waals surface area contributed by atoms with Crippen molar-refractivity contribution >= 4 is 6.21 Å². The zero-order valence-electron chi connectivity index (χ0n) is 6.60. The fraction of sp³-hybridized carbons (Fsp3) is 0.857. The van der Waals surface area contributed by atoms with Crippen molar-refractivity contribution < 1.29 is 4.39 Å². The van der Waals surface area contributed by atoms with Gasteiger partial charge in [-0.25, -0.2) is 0 Å². The van der Waals surface area contributed by atoms with Gasteiger partial charge in [0.2, 0.25) is 0 Å². The monoisotopic (exact) mass is 146 g/mol. The summed E-state index contributed by atoms with van der Waals surface area (Å²) in [5.74, 6) is 0. The Morgan fingerprint density at radius 2 is 2.30 bits per heavy atom. The van der Waals surface area contributed by atoms with E-state index in [-0.39, 0.29) is 6.67 Å². The molecule has 0 spiro atoms. The lowest BCUT2D eigenvalue weighted by Crippen LogP contribution is -2.37. The molecule has 0 rings (SSSR count). The van der Waals surface area contributed by atoms with E-state index >= 15 is 0 Å². The predicted octanol–water partition coefficient (Wildman–Crippen LogP) is 1.15. The van der Waals surface area contributed by atoms with Crippen molar-refractivity contribution in [1.29, 1.82) is 0 Å². The largest absolute Gasteiger partial charge is 0.321 e. The Kier molecular flexibility index (Phi) is 4.19. The highest BCUT2D eigenvalue weighted by molar-refractivity contribution is 5.68. The highest BCUT2D eigenvalue weighted by atomic mass is 19.1. The number of hydrogen-bond donors (Lipinski definition) is 1. The van der Waals surface area contributed by atoms with Gasteiger partial charge in [0.05, 0.1) is 6.67 Å². The van der Waals surface area contributed by atoms with Gasteiger partial charge in [0, 0.05) is 18.8 Å². The van der Waals surface area contributed by atoms with E-state index in [0.29, 0.717) is 12.8 Å². The number of hydrogen-bond acceptors (Lipinski definition) is 2. The van der Waals surface area contributed by atoms with Crippen LogP contribution in [0.4, 0.5) is 4.39 Å². The second-order valence-corrected chi connectivity index (χ2v) is 2.69. The van der Waals surface area contributed by atoms with Gasteiger partial charge in [-0.3, -0.25) is 9.38 Å². The maximum absolute atomic E-state index is 11.7. The average Bonchev–Trinajstić information content (AvgIpc) is 1.84. The van der Waals surface area contributed by atoms with Gasteiger partial charge < -0.3 is 5.73 Å². The molecule has 0 radical (unpaired) electrons. The summed E-state index contributed by atoms with van der Waals surface area (Å²) in [4.78, 5) is 3.79. The summed E-state index contributed by atoms with van der Waals surface area (Å²) >= 11 is 0. The Bertz CT molecular complexity index is 110. The van der Waals surface area contributed by atoms with E-state index in [0.717, 1.165) is 0 Å². The molecule has 0 aromatic carbocycles. The van der Waals surface area contributed by atoms with Gasteiger partial charge >= 0.3 is 0 Å². The van der Waals surface area contributed by atoms with E-state index in [1.807, 2.05) is 6.92 Å². The molecule has 60 valence electrons. The maximum Gasteiger partial charge on any atom is 0.0895 e. The smallest absolute Gasteiger partial charge is 0.0895 e. The van der Waals surface area contributed by atoms with Crippen LogP contribution >= 0.6 is 0 Å². The first-order valence-electron chi connectivity index (χ1n) is 3.40. The van der Waals surface area contributed by atoms with Crippen LogP contribution in [-0.4, -0.2) is 25.5 Å². The van der Waals surface area contributed by atoms with Crippen molar-refractivity contribution in [2.75, 3.05) is 13.7 Å². The first-order valence-corrected chi connectivity index (χ1v) is 3.40. The minimum atomic E-state index is -0.430. The number of aliphatic imine (C=N–C) groups is 1. The van der Waals surface area contributed by atoms with Crippen LogP contribution in [0.25, 0.3) is 0 Å². The van der Waals surface area contributed by atoms with Gasteiger partial charge in [0.15, 0.2) is 0 Å². The molecular weight excluding hydrogens is 131 g/mol. The molecule has 3 heteroatoms. The lowest BCUT2D eigenvalue weighted by molar-refractivity contribution is 0.430. The van der Waals surface area contributed by atoms with Crippen LogP contribution in [0.5, 0.6) is 0 Å². The highest BCUT2D eigenvalue weighted by Crippen LogP contribution is 2.05. The molecule has 0 saturated heterocycles. The van der Waals surface area contributed by atoms with Crippen molar-refractivity contribution in [3.05, 3.63) is 0 Å². The summed E-state index contributed by atoms with van der Waals surface area (Å²) in [5.41, 5.74) is 5.27. The third-order valence-electron chi connectivity index (χ3n) is 1.27. The fourth-order valence-electron chi connectivity index (χ4n) is 0.807. The number of nitrogens with zero attached hydrogens (tertiary/aromatic N) is 1. The van der Waals surface area contributed by atoms with Crippen molar-refractivity contribution in [1.82, 2.24) is 0 Å². The summed E-state index contributed by atoms with van der Waals surface area (Å²) < 4.78 is 11.7. The molecule has 0 bridgehead atoms. The molecule has 0 aliphatic rings. The van der Waals surface area contributed by atoms with Crippen LogP contribution in [0.2, 0.25) is 0 Å². The molecule has 0 heterocycles. The van der Waals surface area contributed by atoms with Gasteiger partial charge in [0.25, 0.3) is 0 Å². The van der Waals surface area contributed by atoms with E-state index in [9.17, 15) is 4.39 Å².